The van der Waals surface area contributed by atoms with Gasteiger partial charge in [0.2, 0.25) is 0 Å². The van der Waals surface area contributed by atoms with Gasteiger partial charge in [-0.1, -0.05) is 83.5 Å². The van der Waals surface area contributed by atoms with Crippen molar-refractivity contribution in [2.24, 2.45) is 0 Å². The van der Waals surface area contributed by atoms with E-state index in [1.807, 2.05) is 55.5 Å². The molecule has 4 aromatic carbocycles. The smallest absolute Gasteiger partial charge is 0.319 e. The minimum absolute atomic E-state index is 0.0522. The first-order valence-corrected chi connectivity index (χ1v) is 14.6. The Morgan fingerprint density at radius 3 is 2.44 bits per heavy atom. The Kier molecular flexibility index (Phi) is 9.33. The molecule has 2 N–H and O–H groups in total. The van der Waals surface area contributed by atoms with Gasteiger partial charge in [0.15, 0.2) is 11.0 Å². The number of nitro benzene ring substituents is 1. The Balaban J connectivity index is 1.51. The molecule has 9 nitrogen and oxygen atoms in total. The van der Waals surface area contributed by atoms with Gasteiger partial charge in [-0.2, -0.15) is 0 Å². The van der Waals surface area contributed by atoms with E-state index in [9.17, 15) is 19.3 Å². The van der Waals surface area contributed by atoms with E-state index >= 15 is 0 Å². The molecule has 1 heterocycles. The van der Waals surface area contributed by atoms with E-state index < -0.39 is 22.8 Å². The number of amides is 2. The van der Waals surface area contributed by atoms with Crippen molar-refractivity contribution in [2.45, 2.75) is 30.3 Å². The minimum atomic E-state index is -0.672. The highest BCUT2D eigenvalue weighted by molar-refractivity contribution is 7.98. The van der Waals surface area contributed by atoms with E-state index in [1.54, 1.807) is 16.7 Å². The molecule has 0 spiro atoms. The highest BCUT2D eigenvalue weighted by Gasteiger charge is 2.25. The Morgan fingerprint density at radius 1 is 1.00 bits per heavy atom. The van der Waals surface area contributed by atoms with Crippen LogP contribution < -0.4 is 10.6 Å². The number of aryl methyl sites for hydroxylation is 1. The van der Waals surface area contributed by atoms with Crippen molar-refractivity contribution in [3.63, 3.8) is 0 Å². The fourth-order valence-electron chi connectivity index (χ4n) is 4.47. The summed E-state index contributed by atoms with van der Waals surface area (Å²) in [5.74, 6) is 0.438. The van der Waals surface area contributed by atoms with Gasteiger partial charge in [-0.15, -0.1) is 10.2 Å². The van der Waals surface area contributed by atoms with Crippen LogP contribution in [-0.2, 0) is 12.2 Å². The molecule has 1 unspecified atom stereocenters. The predicted molar refractivity (Wildman–Crippen MR) is 165 cm³/mol. The topological polar surface area (TPSA) is 115 Å². The number of nitrogens with one attached hydrogen (secondary N) is 2. The number of anilines is 1. The monoisotopic (exact) mass is 616 g/mol. The highest BCUT2D eigenvalue weighted by atomic mass is 35.5. The molecule has 0 saturated carbocycles. The number of rotatable bonds is 10. The molecule has 2 amide bonds. The van der Waals surface area contributed by atoms with E-state index in [1.165, 1.54) is 42.1 Å². The van der Waals surface area contributed by atoms with E-state index in [0.29, 0.717) is 34.5 Å². The fourth-order valence-corrected chi connectivity index (χ4v) is 5.55. The summed E-state index contributed by atoms with van der Waals surface area (Å²) < 4.78 is 15.5. The number of halogens is 2. The van der Waals surface area contributed by atoms with Gasteiger partial charge < -0.3 is 10.6 Å². The number of nitrogens with zero attached hydrogens (tertiary/aromatic N) is 4. The molecule has 0 radical (unpaired) electrons. The van der Waals surface area contributed by atoms with Crippen molar-refractivity contribution in [3.05, 3.63) is 141 Å². The quantitative estimate of drug-likeness (QED) is 0.0945. The average molecular weight is 617 g/mol. The Morgan fingerprint density at radius 2 is 1.74 bits per heavy atom. The number of thioether (sulfide) groups is 1. The summed E-state index contributed by atoms with van der Waals surface area (Å²) in [5.41, 5.74) is 4.03. The standard InChI is InChI=1S/C31H26ClFN6O3S/c1-20-6-5-9-22(16-20)19-43-31-37-36-29(38(31)24-11-13-25(14-12-24)39(41)42)28(17-21-7-3-2-4-8-21)35-30(40)34-23-10-15-27(33)26(32)18-23/h2-16,18,28H,17,19H2,1H3,(H2,34,35,40). The van der Waals surface area contributed by atoms with Crippen LogP contribution in [0, 0.1) is 22.9 Å². The van der Waals surface area contributed by atoms with E-state index in [4.69, 9.17) is 11.6 Å². The van der Waals surface area contributed by atoms with Gasteiger partial charge in [0.05, 0.1) is 16.0 Å². The van der Waals surface area contributed by atoms with Gasteiger partial charge in [0, 0.05) is 35.7 Å². The number of benzene rings is 4. The molecule has 218 valence electrons. The number of carbonyl (C=O) groups is 1. The van der Waals surface area contributed by atoms with Crippen LogP contribution in [0.5, 0.6) is 0 Å². The van der Waals surface area contributed by atoms with Gasteiger partial charge in [0.25, 0.3) is 5.69 Å². The lowest BCUT2D eigenvalue weighted by atomic mass is 10.1. The largest absolute Gasteiger partial charge is 0.327 e. The number of nitro groups is 1. The molecule has 0 aliphatic heterocycles. The first kappa shape index (κ1) is 29.7. The second kappa shape index (κ2) is 13.5. The third-order valence-corrected chi connectivity index (χ3v) is 7.79. The van der Waals surface area contributed by atoms with Crippen molar-refractivity contribution in [1.29, 1.82) is 0 Å². The maximum Gasteiger partial charge on any atom is 0.319 e. The normalized spacial score (nSPS) is 11.6. The molecule has 0 fully saturated rings. The summed E-state index contributed by atoms with van der Waals surface area (Å²) in [6.07, 6.45) is 0.367. The molecule has 0 saturated heterocycles. The lowest BCUT2D eigenvalue weighted by molar-refractivity contribution is -0.384. The van der Waals surface area contributed by atoms with Crippen LogP contribution in [0.2, 0.25) is 5.02 Å². The lowest BCUT2D eigenvalue weighted by Gasteiger charge is -2.20. The molecular formula is C31H26ClFN6O3S. The fraction of sp³-hybridized carbons (Fsp3) is 0.129. The van der Waals surface area contributed by atoms with Crippen molar-refractivity contribution < 1.29 is 14.1 Å². The van der Waals surface area contributed by atoms with Gasteiger partial charge in [-0.05, 0) is 48.4 Å². The zero-order valence-corrected chi connectivity index (χ0v) is 24.5. The second-order valence-electron chi connectivity index (χ2n) is 9.70. The molecule has 0 bridgehead atoms. The highest BCUT2D eigenvalue weighted by Crippen LogP contribution is 2.30. The molecule has 43 heavy (non-hydrogen) atoms. The predicted octanol–water partition coefficient (Wildman–Crippen LogP) is 7.67. The van der Waals surface area contributed by atoms with Crippen LogP contribution in [0.25, 0.3) is 5.69 Å². The van der Waals surface area contributed by atoms with E-state index in [-0.39, 0.29) is 10.7 Å². The third-order valence-electron chi connectivity index (χ3n) is 6.50. The summed E-state index contributed by atoms with van der Waals surface area (Å²) in [7, 11) is 0. The van der Waals surface area contributed by atoms with Crippen LogP contribution in [0.15, 0.2) is 102 Å². The van der Waals surface area contributed by atoms with Crippen molar-refractivity contribution in [2.75, 3.05) is 5.32 Å². The number of carbonyl (C=O) groups excluding carboxylic acids is 1. The third kappa shape index (κ3) is 7.56. The molecule has 12 heteroatoms. The number of hydrogen-bond acceptors (Lipinski definition) is 6. The zero-order chi connectivity index (χ0) is 30.3. The maximum absolute atomic E-state index is 13.7. The first-order chi connectivity index (χ1) is 20.8. The van der Waals surface area contributed by atoms with Gasteiger partial charge in [0.1, 0.15) is 5.82 Å². The Bertz CT molecular complexity index is 1750. The van der Waals surface area contributed by atoms with Crippen molar-refractivity contribution in [1.82, 2.24) is 20.1 Å². The summed E-state index contributed by atoms with van der Waals surface area (Å²) >= 11 is 7.36. The van der Waals surface area contributed by atoms with E-state index in [0.717, 1.165) is 16.7 Å². The number of aromatic nitrogens is 3. The molecule has 5 aromatic rings. The summed E-state index contributed by atoms with van der Waals surface area (Å²) in [6.45, 7) is 2.02. The Hall–Kier alpha value is -4.74. The first-order valence-electron chi connectivity index (χ1n) is 13.2. The molecule has 5 rings (SSSR count). The lowest BCUT2D eigenvalue weighted by Crippen LogP contribution is -2.35. The SMILES string of the molecule is Cc1cccc(CSc2nnc(C(Cc3ccccc3)NC(=O)Nc3ccc(F)c(Cl)c3)n2-c2ccc([N+](=O)[O-])cc2)c1. The molecule has 1 aromatic heterocycles. The molecule has 0 aliphatic carbocycles. The number of hydrogen-bond donors (Lipinski definition) is 2. The van der Waals surface area contributed by atoms with Crippen LogP contribution in [-0.4, -0.2) is 25.7 Å². The maximum atomic E-state index is 13.7. The van der Waals surface area contributed by atoms with E-state index in [2.05, 4.69) is 26.9 Å². The van der Waals surface area contributed by atoms with Crippen LogP contribution >= 0.6 is 23.4 Å². The molecular weight excluding hydrogens is 591 g/mol. The number of urea groups is 1. The van der Waals surface area contributed by atoms with Gasteiger partial charge in [-0.25, -0.2) is 9.18 Å². The number of non-ortho nitro benzene ring substituents is 1. The van der Waals surface area contributed by atoms with Crippen LogP contribution in [0.3, 0.4) is 0 Å². The summed E-state index contributed by atoms with van der Waals surface area (Å²) in [6, 6.07) is 26.5. The summed E-state index contributed by atoms with van der Waals surface area (Å²) in [4.78, 5) is 24.1. The average Bonchev–Trinajstić information content (AvgIpc) is 3.42. The molecule has 1 atom stereocenters. The molecule has 0 aliphatic rings. The van der Waals surface area contributed by atoms with Crippen molar-refractivity contribution >= 4 is 40.8 Å². The van der Waals surface area contributed by atoms with Crippen molar-refractivity contribution in [3.8, 4) is 5.69 Å². The summed E-state index contributed by atoms with van der Waals surface area (Å²) in [5, 5.41) is 26.4. The Labute approximate surface area is 256 Å². The second-order valence-corrected chi connectivity index (χ2v) is 11.0. The zero-order valence-electron chi connectivity index (χ0n) is 22.9. The van der Waals surface area contributed by atoms with Gasteiger partial charge >= 0.3 is 6.03 Å². The van der Waals surface area contributed by atoms with Crippen LogP contribution in [0.1, 0.15) is 28.6 Å². The minimum Gasteiger partial charge on any atom is -0.327 e. The van der Waals surface area contributed by atoms with Gasteiger partial charge in [-0.3, -0.25) is 14.7 Å². The van der Waals surface area contributed by atoms with Crippen LogP contribution in [0.4, 0.5) is 20.6 Å².